The number of unbranched alkanes of at least 4 members (excludes halogenated alkanes) is 3. The lowest BCUT2D eigenvalue weighted by atomic mass is 10.1. The first-order valence-electron chi connectivity index (χ1n) is 9.10. The molecule has 0 aliphatic carbocycles. The highest BCUT2D eigenvalue weighted by atomic mass is 32.2. The Morgan fingerprint density at radius 2 is 1.74 bits per heavy atom. The third-order valence-corrected chi connectivity index (χ3v) is 6.28. The highest BCUT2D eigenvalue weighted by molar-refractivity contribution is 7.89. The fourth-order valence-corrected chi connectivity index (χ4v) is 4.45. The molecule has 0 radical (unpaired) electrons. The quantitative estimate of drug-likeness (QED) is 0.577. The zero-order chi connectivity index (χ0) is 19.7. The minimum atomic E-state index is -3.75. The van der Waals surface area contributed by atoms with E-state index in [2.05, 4.69) is 5.32 Å². The summed E-state index contributed by atoms with van der Waals surface area (Å²) in [5.41, 5.74) is 0.134. The van der Waals surface area contributed by atoms with E-state index in [4.69, 9.17) is 9.84 Å². The molecule has 1 heterocycles. The van der Waals surface area contributed by atoms with Crippen LogP contribution >= 0.6 is 0 Å². The molecule has 1 aromatic carbocycles. The number of carboxylic acids is 1. The zero-order valence-electron chi connectivity index (χ0n) is 15.2. The molecule has 0 atom stereocenters. The molecule has 1 saturated heterocycles. The number of amides is 1. The number of rotatable bonds is 10. The second-order valence-electron chi connectivity index (χ2n) is 6.33. The number of ether oxygens (including phenoxy) is 1. The van der Waals surface area contributed by atoms with Crippen LogP contribution in [0, 0.1) is 0 Å². The Labute approximate surface area is 159 Å². The molecule has 0 saturated carbocycles. The van der Waals surface area contributed by atoms with Gasteiger partial charge in [-0.15, -0.1) is 0 Å². The van der Waals surface area contributed by atoms with Crippen LogP contribution in [0.1, 0.15) is 42.5 Å². The first-order valence-corrected chi connectivity index (χ1v) is 10.5. The number of aliphatic carboxylic acids is 1. The number of morpholine rings is 1. The van der Waals surface area contributed by atoms with Crippen LogP contribution in [-0.2, 0) is 19.6 Å². The number of nitrogens with zero attached hydrogens (tertiary/aromatic N) is 1. The van der Waals surface area contributed by atoms with Gasteiger partial charge in [0.2, 0.25) is 10.0 Å². The lowest BCUT2D eigenvalue weighted by Crippen LogP contribution is -2.41. The largest absolute Gasteiger partial charge is 0.481 e. The van der Waals surface area contributed by atoms with E-state index in [1.807, 2.05) is 0 Å². The van der Waals surface area contributed by atoms with Crippen molar-refractivity contribution in [2.45, 2.75) is 37.0 Å². The number of sulfonamides is 1. The Bertz CT molecular complexity index is 744. The van der Waals surface area contributed by atoms with Crippen molar-refractivity contribution in [2.75, 3.05) is 32.8 Å². The fourth-order valence-electron chi connectivity index (χ4n) is 2.86. The van der Waals surface area contributed by atoms with Crippen LogP contribution in [0.25, 0.3) is 0 Å². The first kappa shape index (κ1) is 21.3. The molecule has 0 bridgehead atoms. The van der Waals surface area contributed by atoms with Crippen molar-refractivity contribution in [1.29, 1.82) is 0 Å². The molecule has 2 rings (SSSR count). The number of carbonyl (C=O) groups excluding carboxylic acids is 1. The van der Waals surface area contributed by atoms with Crippen LogP contribution in [0.4, 0.5) is 0 Å². The van der Waals surface area contributed by atoms with Gasteiger partial charge in [0.15, 0.2) is 0 Å². The standard InChI is InChI=1S/C18H26N2O6S/c21-17(22)9-3-1-2-6-10-19-18(23)15-7-4-5-8-16(15)27(24,25)20-11-13-26-14-12-20/h4-5,7-8H,1-3,6,9-14H2,(H,19,23)(H,21,22). The van der Waals surface area contributed by atoms with Gasteiger partial charge in [0, 0.05) is 26.1 Å². The Hall–Kier alpha value is -1.97. The minimum Gasteiger partial charge on any atom is -0.481 e. The smallest absolute Gasteiger partial charge is 0.303 e. The molecule has 0 unspecified atom stereocenters. The molecule has 2 N–H and O–H groups in total. The maximum absolute atomic E-state index is 12.9. The molecular weight excluding hydrogens is 372 g/mol. The van der Waals surface area contributed by atoms with Crippen LogP contribution in [0.15, 0.2) is 29.2 Å². The summed E-state index contributed by atoms with van der Waals surface area (Å²) in [6, 6.07) is 6.20. The van der Waals surface area contributed by atoms with Crippen molar-refractivity contribution < 1.29 is 27.9 Å². The molecule has 150 valence electrons. The van der Waals surface area contributed by atoms with Crippen LogP contribution in [0.5, 0.6) is 0 Å². The third-order valence-electron chi connectivity index (χ3n) is 4.32. The average Bonchev–Trinajstić information content (AvgIpc) is 2.67. The summed E-state index contributed by atoms with van der Waals surface area (Å²) < 4.78 is 32.3. The number of carboxylic acid groups (broad SMARTS) is 1. The van der Waals surface area contributed by atoms with Gasteiger partial charge >= 0.3 is 5.97 Å². The number of hydrogen-bond donors (Lipinski definition) is 2. The van der Waals surface area contributed by atoms with Crippen LogP contribution in [0.2, 0.25) is 0 Å². The van der Waals surface area contributed by atoms with Crippen molar-refractivity contribution in [3.05, 3.63) is 29.8 Å². The number of hydrogen-bond acceptors (Lipinski definition) is 5. The van der Waals surface area contributed by atoms with Gasteiger partial charge < -0.3 is 15.2 Å². The summed E-state index contributed by atoms with van der Waals surface area (Å²) in [5, 5.41) is 11.3. The number of carbonyl (C=O) groups is 2. The van der Waals surface area contributed by atoms with E-state index < -0.39 is 21.9 Å². The average molecular weight is 398 g/mol. The van der Waals surface area contributed by atoms with E-state index >= 15 is 0 Å². The normalized spacial score (nSPS) is 15.4. The highest BCUT2D eigenvalue weighted by Crippen LogP contribution is 2.21. The van der Waals surface area contributed by atoms with Crippen LogP contribution in [0.3, 0.4) is 0 Å². The summed E-state index contributed by atoms with van der Waals surface area (Å²) in [6.07, 6.45) is 3.07. The van der Waals surface area contributed by atoms with Gasteiger partial charge in [-0.25, -0.2) is 8.42 Å². The van der Waals surface area contributed by atoms with E-state index in [1.54, 1.807) is 12.1 Å². The predicted octanol–water partition coefficient (Wildman–Crippen LogP) is 1.47. The van der Waals surface area contributed by atoms with Crippen LogP contribution < -0.4 is 5.32 Å². The predicted molar refractivity (Wildman–Crippen MR) is 99.1 cm³/mol. The highest BCUT2D eigenvalue weighted by Gasteiger charge is 2.29. The summed E-state index contributed by atoms with van der Waals surface area (Å²) >= 11 is 0. The van der Waals surface area contributed by atoms with Gasteiger partial charge in [0.25, 0.3) is 5.91 Å². The van der Waals surface area contributed by atoms with Gasteiger partial charge in [0.05, 0.1) is 23.7 Å². The monoisotopic (exact) mass is 398 g/mol. The maximum Gasteiger partial charge on any atom is 0.303 e. The molecule has 1 aliphatic rings. The summed E-state index contributed by atoms with van der Waals surface area (Å²) in [6.45, 7) is 1.64. The van der Waals surface area contributed by atoms with Gasteiger partial charge in [-0.05, 0) is 25.0 Å². The fraction of sp³-hybridized carbons (Fsp3) is 0.556. The molecule has 0 spiro atoms. The van der Waals surface area contributed by atoms with Gasteiger partial charge in [0.1, 0.15) is 0 Å². The van der Waals surface area contributed by atoms with Crippen LogP contribution in [-0.4, -0.2) is 62.6 Å². The van der Waals surface area contributed by atoms with E-state index in [9.17, 15) is 18.0 Å². The second kappa shape index (κ2) is 10.4. The Morgan fingerprint density at radius 1 is 1.07 bits per heavy atom. The molecule has 1 aliphatic heterocycles. The van der Waals surface area contributed by atoms with Crippen molar-refractivity contribution >= 4 is 21.9 Å². The molecule has 1 fully saturated rings. The van der Waals surface area contributed by atoms with Crippen molar-refractivity contribution in [1.82, 2.24) is 9.62 Å². The van der Waals surface area contributed by atoms with E-state index in [0.717, 1.165) is 12.8 Å². The maximum atomic E-state index is 12.9. The summed E-state index contributed by atoms with van der Waals surface area (Å²) in [4.78, 5) is 22.9. The Kier molecular flexibility index (Phi) is 8.21. The topological polar surface area (TPSA) is 113 Å². The number of nitrogens with one attached hydrogen (secondary N) is 1. The van der Waals surface area contributed by atoms with Crippen molar-refractivity contribution in [2.24, 2.45) is 0 Å². The van der Waals surface area contributed by atoms with E-state index in [1.165, 1.54) is 16.4 Å². The van der Waals surface area contributed by atoms with Gasteiger partial charge in [-0.2, -0.15) is 4.31 Å². The third kappa shape index (κ3) is 6.30. The first-order chi connectivity index (χ1) is 12.9. The van der Waals surface area contributed by atoms with Crippen molar-refractivity contribution in [3.63, 3.8) is 0 Å². The Morgan fingerprint density at radius 3 is 2.44 bits per heavy atom. The van der Waals surface area contributed by atoms with E-state index in [0.29, 0.717) is 32.6 Å². The Balaban J connectivity index is 1.92. The zero-order valence-corrected chi connectivity index (χ0v) is 16.0. The molecule has 0 aromatic heterocycles. The molecule has 1 aromatic rings. The second-order valence-corrected chi connectivity index (χ2v) is 8.23. The molecule has 1 amide bonds. The molecule has 8 nitrogen and oxygen atoms in total. The van der Waals surface area contributed by atoms with Gasteiger partial charge in [-0.1, -0.05) is 25.0 Å². The van der Waals surface area contributed by atoms with E-state index in [-0.39, 0.29) is 30.0 Å². The lowest BCUT2D eigenvalue weighted by Gasteiger charge is -2.26. The molecular formula is C18H26N2O6S. The number of benzene rings is 1. The summed E-state index contributed by atoms with van der Waals surface area (Å²) in [5.74, 6) is -1.23. The SMILES string of the molecule is O=C(O)CCCCCCNC(=O)c1ccccc1S(=O)(=O)N1CCOCC1. The lowest BCUT2D eigenvalue weighted by molar-refractivity contribution is -0.137. The van der Waals surface area contributed by atoms with Crippen molar-refractivity contribution in [3.8, 4) is 0 Å². The molecule has 9 heteroatoms. The molecule has 27 heavy (non-hydrogen) atoms. The summed E-state index contributed by atoms with van der Waals surface area (Å²) in [7, 11) is -3.75. The minimum absolute atomic E-state index is 0.00542. The van der Waals surface area contributed by atoms with Gasteiger partial charge in [-0.3, -0.25) is 9.59 Å².